The molecule has 0 atom stereocenters. The van der Waals surface area contributed by atoms with E-state index in [0.717, 1.165) is 45.0 Å². The van der Waals surface area contributed by atoms with Crippen molar-refractivity contribution in [3.05, 3.63) is 144 Å². The predicted octanol–water partition coefficient (Wildman–Crippen LogP) is 7.53. The molecule has 0 saturated heterocycles. The van der Waals surface area contributed by atoms with Gasteiger partial charge in [-0.2, -0.15) is 0 Å². The van der Waals surface area contributed by atoms with Crippen LogP contribution in [0.1, 0.15) is 22.3 Å². The van der Waals surface area contributed by atoms with Crippen molar-refractivity contribution in [1.82, 2.24) is 0 Å². The van der Waals surface area contributed by atoms with Gasteiger partial charge in [0.2, 0.25) is 0 Å². The van der Waals surface area contributed by atoms with Crippen molar-refractivity contribution in [2.24, 2.45) is 0 Å². The van der Waals surface area contributed by atoms with E-state index in [-0.39, 0.29) is 11.6 Å². The summed E-state index contributed by atoms with van der Waals surface area (Å²) in [7, 11) is 0. The summed E-state index contributed by atoms with van der Waals surface area (Å²) >= 11 is 0. The third-order valence-electron chi connectivity index (χ3n) is 6.69. The second-order valence-electron chi connectivity index (χ2n) is 9.25. The summed E-state index contributed by atoms with van der Waals surface area (Å²) in [5.41, 5.74) is 8.86. The van der Waals surface area contributed by atoms with Gasteiger partial charge in [0.25, 0.3) is 0 Å². The number of fused-ring (bicyclic) bond motifs is 2. The molecule has 0 saturated carbocycles. The van der Waals surface area contributed by atoms with Gasteiger partial charge in [0.15, 0.2) is 11.6 Å². The number of anilines is 4. The van der Waals surface area contributed by atoms with Gasteiger partial charge in [0, 0.05) is 46.3 Å². The zero-order valence-electron chi connectivity index (χ0n) is 21.0. The first kappa shape index (κ1) is 23.9. The van der Waals surface area contributed by atoms with E-state index in [9.17, 15) is 9.59 Å². The molecule has 5 heteroatoms. The van der Waals surface area contributed by atoms with Gasteiger partial charge in [-0.1, -0.05) is 60.7 Å². The molecule has 0 unspecified atom stereocenters. The topological polar surface area (TPSA) is 70.2 Å². The Bertz CT molecular complexity index is 1560. The quantitative estimate of drug-likeness (QED) is 0.235. The van der Waals surface area contributed by atoms with Crippen LogP contribution < -0.4 is 16.0 Å². The summed E-state index contributed by atoms with van der Waals surface area (Å²) in [4.78, 5) is 24.8. The number of nitrogens with one attached hydrogen (secondary N) is 3. The zero-order chi connectivity index (χ0) is 26.6. The standard InChI is InChI=1S/C34H25N3O2/c38-33-19-9-23-5-1-3-7-29(23)31(33)21-35-25-11-15-27(16-12-25)37-28-17-13-26(14-18-28)36-22-32-30-8-4-2-6-24(30)10-20-34(32)39/h1-22,35-37H. The Morgan fingerprint density at radius 1 is 0.436 bits per heavy atom. The van der Waals surface area contributed by atoms with Crippen LogP contribution in [0, 0.1) is 0 Å². The smallest absolute Gasteiger partial charge is 0.187 e. The number of rotatable bonds is 6. The van der Waals surface area contributed by atoms with Crippen LogP contribution in [-0.4, -0.2) is 11.6 Å². The average Bonchev–Trinajstić information content (AvgIpc) is 2.98. The van der Waals surface area contributed by atoms with E-state index in [2.05, 4.69) is 16.0 Å². The lowest BCUT2D eigenvalue weighted by Crippen LogP contribution is -2.06. The maximum Gasteiger partial charge on any atom is 0.187 e. The monoisotopic (exact) mass is 507 g/mol. The molecule has 0 amide bonds. The Morgan fingerprint density at radius 2 is 0.821 bits per heavy atom. The van der Waals surface area contributed by atoms with E-state index >= 15 is 0 Å². The number of ketones is 2. The first-order valence-electron chi connectivity index (χ1n) is 12.7. The highest BCUT2D eigenvalue weighted by Gasteiger charge is 2.17. The third-order valence-corrected chi connectivity index (χ3v) is 6.69. The minimum absolute atomic E-state index is 0.0133. The van der Waals surface area contributed by atoms with Crippen molar-refractivity contribution in [1.29, 1.82) is 0 Å². The van der Waals surface area contributed by atoms with Crippen LogP contribution in [0.3, 0.4) is 0 Å². The fourth-order valence-corrected chi connectivity index (χ4v) is 4.63. The van der Waals surface area contributed by atoms with Gasteiger partial charge in [0.1, 0.15) is 0 Å². The Balaban J connectivity index is 1.09. The summed E-state index contributed by atoms with van der Waals surface area (Å²) in [6, 6.07) is 31.5. The molecule has 0 aromatic heterocycles. The van der Waals surface area contributed by atoms with E-state index in [1.165, 1.54) is 0 Å². The molecule has 4 aromatic carbocycles. The van der Waals surface area contributed by atoms with Crippen molar-refractivity contribution in [2.75, 3.05) is 16.0 Å². The number of carbonyl (C=O) groups is 2. The van der Waals surface area contributed by atoms with Gasteiger partial charge in [-0.05, 0) is 82.9 Å². The Labute approximate surface area is 226 Å². The maximum atomic E-state index is 12.4. The Morgan fingerprint density at radius 3 is 1.26 bits per heavy atom. The van der Waals surface area contributed by atoms with Crippen molar-refractivity contribution < 1.29 is 9.59 Å². The van der Waals surface area contributed by atoms with Crippen LogP contribution in [0.4, 0.5) is 22.7 Å². The number of hydrogen-bond acceptors (Lipinski definition) is 5. The van der Waals surface area contributed by atoms with E-state index < -0.39 is 0 Å². The van der Waals surface area contributed by atoms with Gasteiger partial charge < -0.3 is 16.0 Å². The number of benzene rings is 4. The van der Waals surface area contributed by atoms with Crippen LogP contribution in [0.2, 0.25) is 0 Å². The minimum Gasteiger partial charge on any atom is -0.361 e. The SMILES string of the molecule is O=C1C=Cc2ccccc2C1=CNc1ccc(Nc2ccc(NC=C3C(=O)C=Cc4ccccc43)cc2)cc1. The second kappa shape index (κ2) is 10.5. The Kier molecular flexibility index (Phi) is 6.46. The van der Waals surface area contributed by atoms with Crippen molar-refractivity contribution >= 4 is 57.6 Å². The van der Waals surface area contributed by atoms with Gasteiger partial charge in [-0.25, -0.2) is 0 Å². The molecule has 0 bridgehead atoms. The lowest BCUT2D eigenvalue weighted by Gasteiger charge is -2.14. The zero-order valence-corrected chi connectivity index (χ0v) is 21.0. The third kappa shape index (κ3) is 5.20. The molecule has 3 N–H and O–H groups in total. The van der Waals surface area contributed by atoms with Crippen LogP contribution in [-0.2, 0) is 9.59 Å². The molecule has 0 radical (unpaired) electrons. The van der Waals surface area contributed by atoms with Crippen molar-refractivity contribution in [3.63, 3.8) is 0 Å². The molecular formula is C34H25N3O2. The fraction of sp³-hybridized carbons (Fsp3) is 0. The van der Waals surface area contributed by atoms with Gasteiger partial charge in [-0.15, -0.1) is 0 Å². The number of allylic oxidation sites excluding steroid dienone is 4. The molecule has 0 spiro atoms. The van der Waals surface area contributed by atoms with E-state index in [4.69, 9.17) is 0 Å². The molecule has 6 rings (SSSR count). The minimum atomic E-state index is -0.0133. The van der Waals surface area contributed by atoms with Crippen LogP contribution in [0.5, 0.6) is 0 Å². The maximum absolute atomic E-state index is 12.4. The van der Waals surface area contributed by atoms with Gasteiger partial charge >= 0.3 is 0 Å². The van der Waals surface area contributed by atoms with Gasteiger partial charge in [-0.3, -0.25) is 9.59 Å². The predicted molar refractivity (Wildman–Crippen MR) is 160 cm³/mol. The number of carbonyl (C=O) groups excluding carboxylic acids is 2. The van der Waals surface area contributed by atoms with E-state index in [0.29, 0.717) is 11.1 Å². The number of hydrogen-bond donors (Lipinski definition) is 3. The molecular weight excluding hydrogens is 482 g/mol. The highest BCUT2D eigenvalue weighted by atomic mass is 16.1. The summed E-state index contributed by atoms with van der Waals surface area (Å²) < 4.78 is 0. The normalized spacial score (nSPS) is 15.7. The molecule has 4 aromatic rings. The summed E-state index contributed by atoms with van der Waals surface area (Å²) in [5.74, 6) is -0.0266. The van der Waals surface area contributed by atoms with Crippen molar-refractivity contribution in [2.45, 2.75) is 0 Å². The van der Waals surface area contributed by atoms with E-state index in [1.54, 1.807) is 24.6 Å². The van der Waals surface area contributed by atoms with Gasteiger partial charge in [0.05, 0.1) is 0 Å². The highest BCUT2D eigenvalue weighted by Crippen LogP contribution is 2.28. The lowest BCUT2D eigenvalue weighted by molar-refractivity contribution is -0.110. The molecule has 39 heavy (non-hydrogen) atoms. The molecule has 0 aliphatic heterocycles. The van der Waals surface area contributed by atoms with Crippen molar-refractivity contribution in [3.8, 4) is 0 Å². The highest BCUT2D eigenvalue weighted by molar-refractivity contribution is 6.30. The second-order valence-corrected chi connectivity index (χ2v) is 9.25. The fourth-order valence-electron chi connectivity index (χ4n) is 4.63. The van der Waals surface area contributed by atoms with E-state index in [1.807, 2.05) is 109 Å². The van der Waals surface area contributed by atoms with Crippen LogP contribution >= 0.6 is 0 Å². The molecule has 2 aliphatic rings. The molecule has 2 aliphatic carbocycles. The summed E-state index contributed by atoms with van der Waals surface area (Å²) in [5, 5.41) is 9.89. The van der Waals surface area contributed by atoms with Crippen LogP contribution in [0.15, 0.2) is 122 Å². The first-order chi connectivity index (χ1) is 19.1. The lowest BCUT2D eigenvalue weighted by atomic mass is 9.92. The molecule has 0 fully saturated rings. The molecule has 5 nitrogen and oxygen atoms in total. The summed E-state index contributed by atoms with van der Waals surface area (Å²) in [6.45, 7) is 0. The Hall–Kier alpha value is -5.42. The van der Waals surface area contributed by atoms with Crippen LogP contribution in [0.25, 0.3) is 23.3 Å². The largest absolute Gasteiger partial charge is 0.361 e. The molecule has 0 heterocycles. The summed E-state index contributed by atoms with van der Waals surface area (Å²) in [6.07, 6.45) is 10.4. The first-order valence-corrected chi connectivity index (χ1v) is 12.7. The average molecular weight is 508 g/mol. The molecule has 188 valence electrons.